The molecular formula is C16H22N2. The Morgan fingerprint density at radius 1 is 1.28 bits per heavy atom. The normalized spacial score (nSPS) is 19.4. The van der Waals surface area contributed by atoms with Gasteiger partial charge < -0.3 is 5.32 Å². The van der Waals surface area contributed by atoms with Gasteiger partial charge in [-0.05, 0) is 50.3 Å². The van der Waals surface area contributed by atoms with Gasteiger partial charge in [-0.2, -0.15) is 5.26 Å². The van der Waals surface area contributed by atoms with Gasteiger partial charge >= 0.3 is 0 Å². The van der Waals surface area contributed by atoms with E-state index in [-0.39, 0.29) is 0 Å². The van der Waals surface area contributed by atoms with Crippen molar-refractivity contribution in [3.8, 4) is 6.07 Å². The fourth-order valence-electron chi connectivity index (χ4n) is 2.96. The van der Waals surface area contributed by atoms with Gasteiger partial charge in [0.05, 0.1) is 11.6 Å². The van der Waals surface area contributed by atoms with Crippen LogP contribution in [-0.4, -0.2) is 6.04 Å². The predicted molar refractivity (Wildman–Crippen MR) is 74.1 cm³/mol. The van der Waals surface area contributed by atoms with E-state index in [1.165, 1.54) is 31.2 Å². The summed E-state index contributed by atoms with van der Waals surface area (Å²) < 4.78 is 0. The van der Waals surface area contributed by atoms with Gasteiger partial charge in [0.25, 0.3) is 0 Å². The van der Waals surface area contributed by atoms with Gasteiger partial charge in [0.2, 0.25) is 0 Å². The summed E-state index contributed by atoms with van der Waals surface area (Å²) in [4.78, 5) is 0. The Labute approximate surface area is 110 Å². The Kier molecular flexibility index (Phi) is 4.38. The van der Waals surface area contributed by atoms with Crippen LogP contribution < -0.4 is 5.32 Å². The van der Waals surface area contributed by atoms with Crippen LogP contribution in [0.5, 0.6) is 0 Å². The molecule has 0 aliphatic heterocycles. The Bertz CT molecular complexity index is 427. The van der Waals surface area contributed by atoms with Crippen molar-refractivity contribution in [2.75, 3.05) is 0 Å². The van der Waals surface area contributed by atoms with E-state index in [0.717, 1.165) is 11.5 Å². The molecule has 2 atom stereocenters. The maximum Gasteiger partial charge on any atom is 0.0991 e. The van der Waals surface area contributed by atoms with Gasteiger partial charge in [-0.1, -0.05) is 25.0 Å². The fraction of sp³-hybridized carbons (Fsp3) is 0.562. The lowest BCUT2D eigenvalue weighted by atomic mass is 9.97. The Balaban J connectivity index is 1.98. The molecule has 2 unspecified atom stereocenters. The number of nitrogens with one attached hydrogen (secondary N) is 1. The minimum Gasteiger partial charge on any atom is -0.307 e. The van der Waals surface area contributed by atoms with Crippen LogP contribution in [-0.2, 0) is 0 Å². The van der Waals surface area contributed by atoms with Gasteiger partial charge in [-0.25, -0.2) is 0 Å². The van der Waals surface area contributed by atoms with E-state index >= 15 is 0 Å². The van der Waals surface area contributed by atoms with E-state index in [0.29, 0.717) is 12.1 Å². The van der Waals surface area contributed by atoms with Crippen molar-refractivity contribution in [1.29, 1.82) is 5.26 Å². The lowest BCUT2D eigenvalue weighted by Gasteiger charge is -2.25. The number of nitriles is 1. The van der Waals surface area contributed by atoms with Crippen molar-refractivity contribution in [2.45, 2.75) is 51.6 Å². The summed E-state index contributed by atoms with van der Waals surface area (Å²) in [7, 11) is 0. The van der Waals surface area contributed by atoms with Crippen LogP contribution in [0.3, 0.4) is 0 Å². The smallest absolute Gasteiger partial charge is 0.0991 e. The summed E-state index contributed by atoms with van der Waals surface area (Å²) in [5, 5.41) is 12.6. The van der Waals surface area contributed by atoms with Crippen molar-refractivity contribution in [1.82, 2.24) is 5.32 Å². The molecule has 96 valence electrons. The van der Waals surface area contributed by atoms with Crippen molar-refractivity contribution < 1.29 is 0 Å². The summed E-state index contributed by atoms with van der Waals surface area (Å²) in [6, 6.07) is 11.0. The third-order valence-electron chi connectivity index (χ3n) is 4.14. The number of benzene rings is 1. The van der Waals surface area contributed by atoms with E-state index < -0.39 is 0 Å². The molecule has 1 saturated carbocycles. The van der Waals surface area contributed by atoms with Crippen LogP contribution in [0.1, 0.15) is 56.7 Å². The largest absolute Gasteiger partial charge is 0.307 e. The first-order chi connectivity index (χ1) is 8.70. The topological polar surface area (TPSA) is 35.8 Å². The molecule has 0 aromatic heterocycles. The fourth-order valence-corrected chi connectivity index (χ4v) is 2.96. The van der Waals surface area contributed by atoms with Crippen LogP contribution in [0.25, 0.3) is 0 Å². The summed E-state index contributed by atoms with van der Waals surface area (Å²) in [5.74, 6) is 0.826. The van der Waals surface area contributed by atoms with Crippen molar-refractivity contribution >= 4 is 0 Å². The molecule has 0 spiro atoms. The summed E-state index contributed by atoms with van der Waals surface area (Å²) >= 11 is 0. The minimum absolute atomic E-state index is 0.314. The van der Waals surface area contributed by atoms with Crippen LogP contribution in [0.15, 0.2) is 24.3 Å². The van der Waals surface area contributed by atoms with Crippen LogP contribution in [0.4, 0.5) is 0 Å². The summed E-state index contributed by atoms with van der Waals surface area (Å²) in [6.07, 6.45) is 5.49. The average Bonchev–Trinajstić information content (AvgIpc) is 2.92. The average molecular weight is 242 g/mol. The summed E-state index contributed by atoms with van der Waals surface area (Å²) in [5.41, 5.74) is 1.95. The van der Waals surface area contributed by atoms with Crippen LogP contribution >= 0.6 is 0 Å². The lowest BCUT2D eigenvalue weighted by molar-refractivity contribution is 0.352. The highest BCUT2D eigenvalue weighted by Crippen LogP contribution is 2.28. The van der Waals surface area contributed by atoms with Gasteiger partial charge in [0.15, 0.2) is 0 Å². The van der Waals surface area contributed by atoms with Gasteiger partial charge in [0.1, 0.15) is 0 Å². The monoisotopic (exact) mass is 242 g/mol. The highest BCUT2D eigenvalue weighted by molar-refractivity contribution is 5.34. The lowest BCUT2D eigenvalue weighted by Crippen LogP contribution is -2.34. The zero-order valence-electron chi connectivity index (χ0n) is 11.3. The van der Waals surface area contributed by atoms with Gasteiger partial charge in [-0.15, -0.1) is 0 Å². The first-order valence-corrected chi connectivity index (χ1v) is 6.97. The van der Waals surface area contributed by atoms with E-state index in [4.69, 9.17) is 5.26 Å². The molecule has 0 heterocycles. The quantitative estimate of drug-likeness (QED) is 0.872. The highest BCUT2D eigenvalue weighted by atomic mass is 14.9. The first kappa shape index (κ1) is 13.1. The van der Waals surface area contributed by atoms with Crippen LogP contribution in [0.2, 0.25) is 0 Å². The Morgan fingerprint density at radius 3 is 2.67 bits per heavy atom. The molecule has 0 saturated heterocycles. The van der Waals surface area contributed by atoms with E-state index in [2.05, 4.69) is 31.3 Å². The number of hydrogen-bond donors (Lipinski definition) is 1. The highest BCUT2D eigenvalue weighted by Gasteiger charge is 2.22. The SMILES string of the molecule is CC(NC(C)C1CCCC1)c1cccc(C#N)c1. The van der Waals surface area contributed by atoms with Gasteiger partial charge in [0, 0.05) is 12.1 Å². The molecule has 1 aliphatic carbocycles. The zero-order chi connectivity index (χ0) is 13.0. The molecule has 1 aromatic carbocycles. The van der Waals surface area contributed by atoms with Crippen LogP contribution in [0, 0.1) is 17.2 Å². The third kappa shape index (κ3) is 3.11. The maximum atomic E-state index is 8.93. The molecule has 1 aromatic rings. The Morgan fingerprint density at radius 2 is 2.00 bits per heavy atom. The molecule has 1 N–H and O–H groups in total. The molecule has 18 heavy (non-hydrogen) atoms. The predicted octanol–water partition coefficient (Wildman–Crippen LogP) is 3.79. The van der Waals surface area contributed by atoms with E-state index in [1.54, 1.807) is 0 Å². The van der Waals surface area contributed by atoms with E-state index in [1.807, 2.05) is 18.2 Å². The molecule has 2 heteroatoms. The molecule has 0 radical (unpaired) electrons. The molecule has 0 amide bonds. The Hall–Kier alpha value is -1.33. The van der Waals surface area contributed by atoms with Crippen molar-refractivity contribution in [3.05, 3.63) is 35.4 Å². The maximum absolute atomic E-state index is 8.93. The molecule has 2 rings (SSSR count). The molecular weight excluding hydrogens is 220 g/mol. The second kappa shape index (κ2) is 6.02. The van der Waals surface area contributed by atoms with Gasteiger partial charge in [-0.3, -0.25) is 0 Å². The third-order valence-corrected chi connectivity index (χ3v) is 4.14. The molecule has 1 aliphatic rings. The minimum atomic E-state index is 0.314. The molecule has 0 bridgehead atoms. The number of hydrogen-bond acceptors (Lipinski definition) is 2. The first-order valence-electron chi connectivity index (χ1n) is 6.97. The van der Waals surface area contributed by atoms with Crippen molar-refractivity contribution in [2.24, 2.45) is 5.92 Å². The second-order valence-corrected chi connectivity index (χ2v) is 5.46. The number of nitrogens with zero attached hydrogens (tertiary/aromatic N) is 1. The summed E-state index contributed by atoms with van der Waals surface area (Å²) in [6.45, 7) is 4.47. The van der Waals surface area contributed by atoms with Crippen molar-refractivity contribution in [3.63, 3.8) is 0 Å². The van der Waals surface area contributed by atoms with E-state index in [9.17, 15) is 0 Å². The molecule has 2 nitrogen and oxygen atoms in total. The standard InChI is InChI=1S/C16H22N2/c1-12(15-7-3-4-8-15)18-13(2)16-9-5-6-14(10-16)11-17/h5-6,9-10,12-13,15,18H,3-4,7-8H2,1-2H3. The second-order valence-electron chi connectivity index (χ2n) is 5.46. The number of rotatable bonds is 4. The molecule has 1 fully saturated rings. The zero-order valence-corrected chi connectivity index (χ0v) is 11.3.